The molecule has 0 radical (unpaired) electrons. The third-order valence-electron chi connectivity index (χ3n) is 6.48. The van der Waals surface area contributed by atoms with Gasteiger partial charge in [0.15, 0.2) is 0 Å². The third kappa shape index (κ3) is 4.72. The number of carbonyl (C=O) groups excluding carboxylic acids is 1. The molecule has 0 bridgehead atoms. The number of aromatic nitrogens is 2. The van der Waals surface area contributed by atoms with E-state index in [9.17, 15) is 4.79 Å². The average Bonchev–Trinajstić information content (AvgIpc) is 3.25. The molecule has 4 heterocycles. The topological polar surface area (TPSA) is 70.9 Å². The van der Waals surface area contributed by atoms with Gasteiger partial charge in [0.1, 0.15) is 23.2 Å². The highest BCUT2D eigenvalue weighted by atomic mass is 16.5. The maximum Gasteiger partial charge on any atom is 0.271 e. The van der Waals surface area contributed by atoms with Crippen LogP contribution in [0.3, 0.4) is 0 Å². The quantitative estimate of drug-likeness (QED) is 0.647. The zero-order valence-corrected chi connectivity index (χ0v) is 18.6. The zero-order valence-electron chi connectivity index (χ0n) is 18.6. The van der Waals surface area contributed by atoms with Gasteiger partial charge in [-0.1, -0.05) is 17.7 Å². The van der Waals surface area contributed by atoms with Crippen LogP contribution < -0.4 is 20.3 Å². The Morgan fingerprint density at radius 1 is 1.09 bits per heavy atom. The van der Waals surface area contributed by atoms with E-state index in [4.69, 9.17) is 4.74 Å². The first-order chi connectivity index (χ1) is 15.6. The number of hydrogen-bond acceptors (Lipinski definition) is 5. The molecule has 0 unspecified atom stereocenters. The number of hydrogen-bond donors (Lipinski definition) is 2. The minimum Gasteiger partial charge on any atom is -0.490 e. The normalized spacial score (nSPS) is 18.1. The minimum absolute atomic E-state index is 0.105. The van der Waals surface area contributed by atoms with Crippen molar-refractivity contribution in [2.75, 3.05) is 31.1 Å². The molecule has 3 aromatic rings. The van der Waals surface area contributed by atoms with Gasteiger partial charge in [-0.3, -0.25) is 4.79 Å². The van der Waals surface area contributed by atoms with Crippen LogP contribution in [-0.4, -0.2) is 53.6 Å². The Morgan fingerprint density at radius 2 is 1.84 bits per heavy atom. The second-order valence-electron chi connectivity index (χ2n) is 8.89. The number of aryl methyl sites for hydroxylation is 1. The first-order valence-electron chi connectivity index (χ1n) is 11.6. The lowest BCUT2D eigenvalue weighted by molar-refractivity contribution is 0.0925. The van der Waals surface area contributed by atoms with Crippen molar-refractivity contribution in [1.29, 1.82) is 0 Å². The summed E-state index contributed by atoms with van der Waals surface area (Å²) in [7, 11) is 0. The number of rotatable bonds is 5. The maximum absolute atomic E-state index is 12.6. The summed E-state index contributed by atoms with van der Waals surface area (Å²) < 4.78 is 8.15. The van der Waals surface area contributed by atoms with E-state index in [1.54, 1.807) is 6.20 Å². The van der Waals surface area contributed by atoms with Crippen LogP contribution in [0.25, 0.3) is 5.65 Å². The fraction of sp³-hybridized carbons (Fsp3) is 0.440. The Morgan fingerprint density at radius 3 is 2.59 bits per heavy atom. The fourth-order valence-electron chi connectivity index (χ4n) is 4.55. The molecular formula is C25H31N5O2. The van der Waals surface area contributed by atoms with E-state index in [1.807, 2.05) is 22.7 Å². The molecule has 7 heteroatoms. The van der Waals surface area contributed by atoms with E-state index in [1.165, 1.54) is 11.3 Å². The van der Waals surface area contributed by atoms with E-state index in [0.717, 1.165) is 63.3 Å². The molecule has 0 saturated carbocycles. The fourth-order valence-corrected chi connectivity index (χ4v) is 4.55. The number of piperidine rings is 2. The lowest BCUT2D eigenvalue weighted by Crippen LogP contribution is -2.42. The van der Waals surface area contributed by atoms with Gasteiger partial charge in [-0.2, -0.15) is 0 Å². The van der Waals surface area contributed by atoms with Crippen molar-refractivity contribution in [3.05, 3.63) is 60.0 Å². The number of benzene rings is 1. The third-order valence-corrected chi connectivity index (χ3v) is 6.48. The molecule has 2 aromatic heterocycles. The second kappa shape index (κ2) is 9.20. The maximum atomic E-state index is 12.6. The molecular weight excluding hydrogens is 402 g/mol. The molecule has 0 aliphatic carbocycles. The van der Waals surface area contributed by atoms with E-state index >= 15 is 0 Å². The van der Waals surface area contributed by atoms with Crippen molar-refractivity contribution >= 4 is 17.2 Å². The second-order valence-corrected chi connectivity index (χ2v) is 8.89. The van der Waals surface area contributed by atoms with Crippen molar-refractivity contribution in [3.8, 4) is 5.75 Å². The lowest BCUT2D eigenvalue weighted by Gasteiger charge is -2.33. The van der Waals surface area contributed by atoms with E-state index in [2.05, 4.69) is 51.7 Å². The molecule has 2 fully saturated rings. The number of pyridine rings is 1. The molecule has 2 saturated heterocycles. The summed E-state index contributed by atoms with van der Waals surface area (Å²) in [5.41, 5.74) is 3.75. The van der Waals surface area contributed by atoms with Crippen molar-refractivity contribution in [2.24, 2.45) is 0 Å². The SMILES string of the molecule is Cc1ccc(N2CCC(Oc3ccn4cc(C(=O)NC5CCNCC5)nc4c3)CC2)cc1. The van der Waals surface area contributed by atoms with Gasteiger partial charge < -0.3 is 24.7 Å². The number of amides is 1. The molecule has 2 aliphatic heterocycles. The molecule has 2 N–H and O–H groups in total. The summed E-state index contributed by atoms with van der Waals surface area (Å²) in [6.07, 6.45) is 7.78. The standard InChI is InChI=1S/C25H31N5O2/c1-18-2-4-20(5-3-18)29-13-8-21(9-14-29)32-22-10-15-30-17-23(28-24(30)16-22)25(31)27-19-6-11-26-12-7-19/h2-5,10,15-17,19,21,26H,6-9,11-14H2,1H3,(H,27,31). The van der Waals surface area contributed by atoms with Crippen molar-refractivity contribution in [2.45, 2.75) is 44.8 Å². The molecule has 7 nitrogen and oxygen atoms in total. The lowest BCUT2D eigenvalue weighted by atomic mass is 10.1. The number of ether oxygens (including phenoxy) is 1. The Kier molecular flexibility index (Phi) is 5.99. The smallest absolute Gasteiger partial charge is 0.271 e. The number of carbonyl (C=O) groups is 1. The van der Waals surface area contributed by atoms with Crippen LogP contribution in [0.4, 0.5) is 5.69 Å². The van der Waals surface area contributed by atoms with Gasteiger partial charge in [0.2, 0.25) is 0 Å². The first-order valence-corrected chi connectivity index (χ1v) is 11.6. The molecule has 2 aliphatic rings. The van der Waals surface area contributed by atoms with Crippen LogP contribution in [0.15, 0.2) is 48.8 Å². The van der Waals surface area contributed by atoms with E-state index < -0.39 is 0 Å². The van der Waals surface area contributed by atoms with Crippen molar-refractivity contribution in [3.63, 3.8) is 0 Å². The molecule has 0 atom stereocenters. The molecule has 5 rings (SSSR count). The van der Waals surface area contributed by atoms with E-state index in [-0.39, 0.29) is 18.1 Å². The molecule has 1 aromatic carbocycles. The van der Waals surface area contributed by atoms with Gasteiger partial charge in [-0.05, 0) is 51.1 Å². The average molecular weight is 434 g/mol. The Hall–Kier alpha value is -3.06. The van der Waals surface area contributed by atoms with Gasteiger partial charge >= 0.3 is 0 Å². The number of nitrogens with one attached hydrogen (secondary N) is 2. The minimum atomic E-state index is -0.105. The van der Waals surface area contributed by atoms with Gasteiger partial charge in [0, 0.05) is 56.1 Å². The van der Waals surface area contributed by atoms with Gasteiger partial charge in [-0.25, -0.2) is 4.98 Å². The summed E-state index contributed by atoms with van der Waals surface area (Å²) in [4.78, 5) is 19.6. The molecule has 0 spiro atoms. The summed E-state index contributed by atoms with van der Waals surface area (Å²) in [6.45, 7) is 5.98. The van der Waals surface area contributed by atoms with Crippen LogP contribution in [0.1, 0.15) is 41.7 Å². The highest BCUT2D eigenvalue weighted by Gasteiger charge is 2.22. The van der Waals surface area contributed by atoms with Crippen molar-refractivity contribution in [1.82, 2.24) is 20.0 Å². The predicted octanol–water partition coefficient (Wildman–Crippen LogP) is 3.17. The summed E-state index contributed by atoms with van der Waals surface area (Å²) in [5.74, 6) is 0.703. The highest BCUT2D eigenvalue weighted by molar-refractivity contribution is 5.93. The van der Waals surface area contributed by atoms with Gasteiger partial charge in [0.05, 0.1) is 0 Å². The predicted molar refractivity (Wildman–Crippen MR) is 126 cm³/mol. The first kappa shape index (κ1) is 20.8. The van der Waals surface area contributed by atoms with E-state index in [0.29, 0.717) is 5.69 Å². The highest BCUT2D eigenvalue weighted by Crippen LogP contribution is 2.24. The monoisotopic (exact) mass is 433 g/mol. The number of fused-ring (bicyclic) bond motifs is 1. The summed E-state index contributed by atoms with van der Waals surface area (Å²) in [6, 6.07) is 12.8. The summed E-state index contributed by atoms with van der Waals surface area (Å²) in [5, 5.41) is 6.42. The Bertz CT molecular complexity index is 1060. The van der Waals surface area contributed by atoms with Crippen LogP contribution in [-0.2, 0) is 0 Å². The molecule has 32 heavy (non-hydrogen) atoms. The molecule has 168 valence electrons. The largest absolute Gasteiger partial charge is 0.490 e. The van der Waals surface area contributed by atoms with Crippen molar-refractivity contribution < 1.29 is 9.53 Å². The van der Waals surface area contributed by atoms with Gasteiger partial charge in [0.25, 0.3) is 5.91 Å². The van der Waals surface area contributed by atoms with Gasteiger partial charge in [-0.15, -0.1) is 0 Å². The van der Waals surface area contributed by atoms with Crippen LogP contribution in [0, 0.1) is 6.92 Å². The Labute approximate surface area is 188 Å². The van der Waals surface area contributed by atoms with Crippen LogP contribution in [0.5, 0.6) is 5.75 Å². The van der Waals surface area contributed by atoms with Crippen LogP contribution >= 0.6 is 0 Å². The number of imidazole rings is 1. The van der Waals surface area contributed by atoms with Crippen LogP contribution in [0.2, 0.25) is 0 Å². The summed E-state index contributed by atoms with van der Waals surface area (Å²) >= 11 is 0. The number of anilines is 1. The number of nitrogens with zero attached hydrogens (tertiary/aromatic N) is 3. The Balaban J connectivity index is 1.19. The zero-order chi connectivity index (χ0) is 21.9. The molecule has 1 amide bonds.